The van der Waals surface area contributed by atoms with Gasteiger partial charge < -0.3 is 10.1 Å². The van der Waals surface area contributed by atoms with Crippen molar-refractivity contribution in [2.75, 3.05) is 19.5 Å². The molecule has 0 saturated carbocycles. The number of rotatable bonds is 4. The maximum absolute atomic E-state index is 5.37. The van der Waals surface area contributed by atoms with E-state index >= 15 is 0 Å². The second-order valence-electron chi connectivity index (χ2n) is 3.68. The van der Waals surface area contributed by atoms with Crippen molar-refractivity contribution in [1.82, 2.24) is 9.97 Å². The van der Waals surface area contributed by atoms with Gasteiger partial charge in [-0.3, -0.25) is 0 Å². The summed E-state index contributed by atoms with van der Waals surface area (Å²) in [6, 6.07) is 8.19. The molecular formula is C13H15N3OS. The zero-order valence-electron chi connectivity index (χ0n) is 10.6. The van der Waals surface area contributed by atoms with Gasteiger partial charge in [0, 0.05) is 11.9 Å². The van der Waals surface area contributed by atoms with Gasteiger partial charge in [-0.1, -0.05) is 30.0 Å². The Bertz CT molecular complexity index is 546. The monoisotopic (exact) mass is 261 g/mol. The second kappa shape index (κ2) is 5.73. The maximum Gasteiger partial charge on any atom is 0.194 e. The minimum atomic E-state index is 0.674. The number of methoxy groups -OCH3 is 1. The van der Waals surface area contributed by atoms with Gasteiger partial charge in [-0.05, 0) is 18.6 Å². The number of ether oxygens (including phenoxy) is 1. The summed E-state index contributed by atoms with van der Waals surface area (Å²) in [5, 5.41) is 3.81. The third kappa shape index (κ3) is 2.56. The lowest BCUT2D eigenvalue weighted by Gasteiger charge is -2.11. The quantitative estimate of drug-likeness (QED) is 0.857. The predicted octanol–water partition coefficient (Wildman–Crippen LogP) is 2.99. The fraction of sp³-hybridized carbons (Fsp3) is 0.231. The molecule has 1 N–H and O–H groups in total. The van der Waals surface area contributed by atoms with Gasteiger partial charge >= 0.3 is 0 Å². The van der Waals surface area contributed by atoms with Crippen LogP contribution in [0.2, 0.25) is 0 Å². The van der Waals surface area contributed by atoms with Crippen LogP contribution in [0.3, 0.4) is 0 Å². The van der Waals surface area contributed by atoms with Crippen LogP contribution >= 0.6 is 11.8 Å². The minimum absolute atomic E-state index is 0.674. The molecular weight excluding hydrogens is 246 g/mol. The molecule has 18 heavy (non-hydrogen) atoms. The van der Waals surface area contributed by atoms with Crippen molar-refractivity contribution in [1.29, 1.82) is 0 Å². The van der Waals surface area contributed by atoms with Crippen molar-refractivity contribution < 1.29 is 4.74 Å². The molecule has 0 aliphatic heterocycles. The zero-order chi connectivity index (χ0) is 13.0. The first-order valence-corrected chi connectivity index (χ1v) is 6.38. The highest BCUT2D eigenvalue weighted by Crippen LogP contribution is 2.37. The molecule has 94 valence electrons. The minimum Gasteiger partial charge on any atom is -0.490 e. The van der Waals surface area contributed by atoms with E-state index in [-0.39, 0.29) is 0 Å². The molecule has 0 radical (unpaired) electrons. The number of hydrogen-bond acceptors (Lipinski definition) is 5. The first kappa shape index (κ1) is 12.7. The average molecular weight is 261 g/mol. The Morgan fingerprint density at radius 2 is 2.00 bits per heavy atom. The Morgan fingerprint density at radius 3 is 2.67 bits per heavy atom. The number of anilines is 1. The van der Waals surface area contributed by atoms with E-state index < -0.39 is 0 Å². The van der Waals surface area contributed by atoms with E-state index in [0.717, 1.165) is 9.92 Å². The lowest BCUT2D eigenvalue weighted by molar-refractivity contribution is 0.400. The fourth-order valence-corrected chi connectivity index (χ4v) is 2.52. The Labute approximate surface area is 111 Å². The molecule has 0 unspecified atom stereocenters. The van der Waals surface area contributed by atoms with Crippen LogP contribution < -0.4 is 10.1 Å². The molecule has 0 aliphatic carbocycles. The van der Waals surface area contributed by atoms with Gasteiger partial charge in [-0.25, -0.2) is 9.97 Å². The third-order valence-corrected chi connectivity index (χ3v) is 3.67. The van der Waals surface area contributed by atoms with E-state index in [4.69, 9.17) is 4.74 Å². The molecule has 4 nitrogen and oxygen atoms in total. The fourth-order valence-electron chi connectivity index (χ4n) is 1.57. The summed E-state index contributed by atoms with van der Waals surface area (Å²) in [5.74, 6) is 1.37. The molecule has 2 rings (SSSR count). The molecule has 0 amide bonds. The third-order valence-electron chi connectivity index (χ3n) is 2.51. The molecule has 1 heterocycles. The first-order chi connectivity index (χ1) is 8.76. The summed E-state index contributed by atoms with van der Waals surface area (Å²) < 4.78 is 5.37. The highest BCUT2D eigenvalue weighted by atomic mass is 32.2. The topological polar surface area (TPSA) is 47.0 Å². The molecule has 0 bridgehead atoms. The SMILES string of the molecule is CNc1ncnc(Sc2ccccc2C)c1OC. The summed E-state index contributed by atoms with van der Waals surface area (Å²) in [5.41, 5.74) is 1.22. The lowest BCUT2D eigenvalue weighted by Crippen LogP contribution is -1.99. The van der Waals surface area contributed by atoms with E-state index in [2.05, 4.69) is 34.3 Å². The molecule has 2 aromatic rings. The summed E-state index contributed by atoms with van der Waals surface area (Å²) in [7, 11) is 3.44. The Morgan fingerprint density at radius 1 is 1.22 bits per heavy atom. The van der Waals surface area contributed by atoms with Crippen molar-refractivity contribution in [2.24, 2.45) is 0 Å². The molecule has 0 fully saturated rings. The van der Waals surface area contributed by atoms with Crippen LogP contribution in [0.4, 0.5) is 5.82 Å². The van der Waals surface area contributed by atoms with Crippen molar-refractivity contribution in [2.45, 2.75) is 16.8 Å². The van der Waals surface area contributed by atoms with Crippen molar-refractivity contribution in [3.8, 4) is 5.75 Å². The van der Waals surface area contributed by atoms with Gasteiger partial charge in [0.25, 0.3) is 0 Å². The maximum atomic E-state index is 5.37. The average Bonchev–Trinajstić information content (AvgIpc) is 2.41. The first-order valence-electron chi connectivity index (χ1n) is 5.56. The number of aromatic nitrogens is 2. The molecule has 1 aromatic carbocycles. The highest BCUT2D eigenvalue weighted by molar-refractivity contribution is 7.99. The lowest BCUT2D eigenvalue weighted by atomic mass is 10.2. The smallest absolute Gasteiger partial charge is 0.194 e. The van der Waals surface area contributed by atoms with Crippen molar-refractivity contribution in [3.63, 3.8) is 0 Å². The summed E-state index contributed by atoms with van der Waals surface area (Å²) >= 11 is 1.58. The molecule has 0 spiro atoms. The van der Waals surface area contributed by atoms with Gasteiger partial charge in [0.15, 0.2) is 11.6 Å². The van der Waals surface area contributed by atoms with Gasteiger partial charge in [-0.2, -0.15) is 0 Å². The molecule has 0 aliphatic rings. The van der Waals surface area contributed by atoms with Gasteiger partial charge in [0.1, 0.15) is 11.4 Å². The molecule has 0 atom stereocenters. The summed E-state index contributed by atoms with van der Waals surface area (Å²) in [6.07, 6.45) is 1.54. The Balaban J connectivity index is 2.37. The van der Waals surface area contributed by atoms with Crippen LogP contribution in [-0.4, -0.2) is 24.1 Å². The summed E-state index contributed by atoms with van der Waals surface area (Å²) in [4.78, 5) is 9.58. The predicted molar refractivity (Wildman–Crippen MR) is 73.4 cm³/mol. The zero-order valence-corrected chi connectivity index (χ0v) is 11.4. The molecule has 1 aromatic heterocycles. The van der Waals surface area contributed by atoms with Crippen LogP contribution in [-0.2, 0) is 0 Å². The van der Waals surface area contributed by atoms with E-state index in [1.54, 1.807) is 18.9 Å². The number of hydrogen-bond donors (Lipinski definition) is 1. The van der Waals surface area contributed by atoms with E-state index in [1.807, 2.05) is 19.2 Å². The van der Waals surface area contributed by atoms with Crippen LogP contribution in [0.5, 0.6) is 5.75 Å². The van der Waals surface area contributed by atoms with Gasteiger partial charge in [0.2, 0.25) is 0 Å². The standard InChI is InChI=1S/C13H15N3OS/c1-9-6-4-5-7-10(9)18-13-11(17-3)12(14-2)15-8-16-13/h4-8H,1-3H3,(H,14,15,16). The number of nitrogens with one attached hydrogen (secondary N) is 1. The van der Waals surface area contributed by atoms with Crippen LogP contribution in [0.25, 0.3) is 0 Å². The Hall–Kier alpha value is -1.75. The van der Waals surface area contributed by atoms with Crippen LogP contribution in [0.15, 0.2) is 40.5 Å². The Kier molecular flexibility index (Phi) is 4.04. The molecule has 5 heteroatoms. The van der Waals surface area contributed by atoms with Crippen LogP contribution in [0.1, 0.15) is 5.56 Å². The van der Waals surface area contributed by atoms with E-state index in [9.17, 15) is 0 Å². The van der Waals surface area contributed by atoms with Gasteiger partial charge in [-0.15, -0.1) is 0 Å². The van der Waals surface area contributed by atoms with E-state index in [0.29, 0.717) is 11.6 Å². The van der Waals surface area contributed by atoms with Crippen molar-refractivity contribution in [3.05, 3.63) is 36.2 Å². The van der Waals surface area contributed by atoms with E-state index in [1.165, 1.54) is 11.9 Å². The summed E-state index contributed by atoms with van der Waals surface area (Å²) in [6.45, 7) is 2.08. The molecule has 0 saturated heterocycles. The highest BCUT2D eigenvalue weighted by Gasteiger charge is 2.12. The second-order valence-corrected chi connectivity index (χ2v) is 4.71. The number of benzene rings is 1. The number of nitrogens with zero attached hydrogens (tertiary/aromatic N) is 2. The van der Waals surface area contributed by atoms with Gasteiger partial charge in [0.05, 0.1) is 7.11 Å². The normalized spacial score (nSPS) is 10.2. The van der Waals surface area contributed by atoms with Crippen molar-refractivity contribution >= 4 is 17.6 Å². The van der Waals surface area contributed by atoms with Crippen LogP contribution in [0, 0.1) is 6.92 Å². The largest absolute Gasteiger partial charge is 0.490 e. The number of aryl methyl sites for hydroxylation is 1.